The average molecular weight is 556 g/mol. The summed E-state index contributed by atoms with van der Waals surface area (Å²) in [5.74, 6) is -0.536. The van der Waals surface area contributed by atoms with Crippen molar-refractivity contribution in [1.29, 1.82) is 0 Å². The number of amides is 2. The predicted molar refractivity (Wildman–Crippen MR) is 149 cm³/mol. The van der Waals surface area contributed by atoms with Gasteiger partial charge in [0.15, 0.2) is 0 Å². The second kappa shape index (κ2) is 13.7. The minimum Gasteiger partial charge on any atom is -0.497 e. The van der Waals surface area contributed by atoms with Crippen LogP contribution in [-0.4, -0.2) is 58.1 Å². The van der Waals surface area contributed by atoms with Crippen molar-refractivity contribution in [3.63, 3.8) is 0 Å². The van der Waals surface area contributed by atoms with E-state index in [1.807, 2.05) is 30.3 Å². The maximum Gasteiger partial charge on any atom is 0.242 e. The summed E-state index contributed by atoms with van der Waals surface area (Å²) in [6.07, 6.45) is 1.61. The highest BCUT2D eigenvalue weighted by Crippen LogP contribution is 2.24. The third kappa shape index (κ3) is 8.54. The summed E-state index contributed by atoms with van der Waals surface area (Å²) in [7, 11) is -0.625. The Bertz CT molecular complexity index is 1350. The fourth-order valence-corrected chi connectivity index (χ4v) is 5.23. The number of nitrogens with one attached hydrogen (secondary N) is 1. The zero-order valence-electron chi connectivity index (χ0n) is 22.3. The van der Waals surface area contributed by atoms with Crippen LogP contribution in [0.3, 0.4) is 0 Å². The third-order valence-electron chi connectivity index (χ3n) is 6.28. The number of benzene rings is 3. The number of methoxy groups -OCH3 is 1. The molecule has 0 aliphatic heterocycles. The monoisotopic (exact) mass is 555 g/mol. The number of nitrogens with zero attached hydrogens (tertiary/aromatic N) is 2. The van der Waals surface area contributed by atoms with Gasteiger partial charge in [-0.05, 0) is 41.8 Å². The van der Waals surface area contributed by atoms with Gasteiger partial charge in [-0.3, -0.25) is 13.9 Å². The van der Waals surface area contributed by atoms with E-state index in [9.17, 15) is 22.4 Å². The van der Waals surface area contributed by atoms with Crippen molar-refractivity contribution in [3.8, 4) is 5.75 Å². The highest BCUT2D eigenvalue weighted by Gasteiger charge is 2.30. The summed E-state index contributed by atoms with van der Waals surface area (Å²) < 4.78 is 45.1. The molecule has 0 radical (unpaired) electrons. The van der Waals surface area contributed by atoms with Crippen molar-refractivity contribution in [2.75, 3.05) is 31.3 Å². The maximum absolute atomic E-state index is 13.6. The summed E-state index contributed by atoms with van der Waals surface area (Å²) in [5.41, 5.74) is 1.98. The second-order valence-electron chi connectivity index (χ2n) is 9.11. The smallest absolute Gasteiger partial charge is 0.242 e. The van der Waals surface area contributed by atoms with Crippen molar-refractivity contribution < 1.29 is 27.1 Å². The van der Waals surface area contributed by atoms with Gasteiger partial charge in [0.25, 0.3) is 0 Å². The third-order valence-corrected chi connectivity index (χ3v) is 7.47. The summed E-state index contributed by atoms with van der Waals surface area (Å²) in [6, 6.07) is 21.0. The van der Waals surface area contributed by atoms with Gasteiger partial charge in [0.05, 0.1) is 19.1 Å². The molecule has 0 aliphatic rings. The largest absolute Gasteiger partial charge is 0.497 e. The maximum atomic E-state index is 13.6. The van der Waals surface area contributed by atoms with Crippen LogP contribution in [0.5, 0.6) is 5.75 Å². The molecule has 3 rings (SSSR count). The first-order valence-corrected chi connectivity index (χ1v) is 14.4. The molecule has 10 heteroatoms. The quantitative estimate of drug-likeness (QED) is 0.347. The summed E-state index contributed by atoms with van der Waals surface area (Å²) in [5, 5.41) is 2.65. The molecule has 0 saturated carbocycles. The highest BCUT2D eigenvalue weighted by atomic mass is 32.2. The predicted octanol–water partition coefficient (Wildman–Crippen LogP) is 3.77. The zero-order chi connectivity index (χ0) is 28.4. The number of hydrogen-bond donors (Lipinski definition) is 1. The average Bonchev–Trinajstić information content (AvgIpc) is 2.93. The lowest BCUT2D eigenvalue weighted by molar-refractivity contribution is -0.141. The first-order chi connectivity index (χ1) is 18.6. The Morgan fingerprint density at radius 1 is 0.974 bits per heavy atom. The molecule has 0 saturated heterocycles. The molecule has 0 bridgehead atoms. The van der Waals surface area contributed by atoms with Gasteiger partial charge >= 0.3 is 0 Å². The topological polar surface area (TPSA) is 96.0 Å². The van der Waals surface area contributed by atoms with Gasteiger partial charge in [-0.15, -0.1) is 0 Å². The molecule has 1 unspecified atom stereocenters. The van der Waals surface area contributed by atoms with E-state index >= 15 is 0 Å². The number of halogens is 1. The van der Waals surface area contributed by atoms with Crippen molar-refractivity contribution in [2.45, 2.75) is 31.8 Å². The lowest BCUT2D eigenvalue weighted by Crippen LogP contribution is -2.49. The van der Waals surface area contributed by atoms with Crippen LogP contribution in [0.25, 0.3) is 0 Å². The van der Waals surface area contributed by atoms with E-state index in [-0.39, 0.29) is 44.2 Å². The molecule has 3 aromatic carbocycles. The second-order valence-corrected chi connectivity index (χ2v) is 11.0. The Morgan fingerprint density at radius 3 is 2.28 bits per heavy atom. The molecular weight excluding hydrogens is 521 g/mol. The molecule has 8 nitrogen and oxygen atoms in total. The summed E-state index contributed by atoms with van der Waals surface area (Å²) in [6.45, 7) is 0.154. The van der Waals surface area contributed by atoms with E-state index in [2.05, 4.69) is 5.32 Å². The number of likely N-dealkylation sites (N-methyl/N-ethyl adjacent to an activating group) is 1. The molecule has 1 N–H and O–H groups in total. The van der Waals surface area contributed by atoms with E-state index in [1.54, 1.807) is 36.4 Å². The number of ether oxygens (including phenoxy) is 1. The van der Waals surface area contributed by atoms with E-state index in [0.717, 1.165) is 11.8 Å². The van der Waals surface area contributed by atoms with Gasteiger partial charge in [-0.1, -0.05) is 48.5 Å². The first-order valence-electron chi connectivity index (χ1n) is 12.5. The highest BCUT2D eigenvalue weighted by molar-refractivity contribution is 7.92. The van der Waals surface area contributed by atoms with E-state index in [0.29, 0.717) is 17.0 Å². The normalized spacial score (nSPS) is 11.9. The van der Waals surface area contributed by atoms with Crippen LogP contribution in [0, 0.1) is 5.82 Å². The van der Waals surface area contributed by atoms with Crippen molar-refractivity contribution >= 4 is 27.5 Å². The van der Waals surface area contributed by atoms with E-state index in [1.165, 1.54) is 35.5 Å². The fourth-order valence-electron chi connectivity index (χ4n) is 4.28. The Hall–Kier alpha value is -3.92. The lowest BCUT2D eigenvalue weighted by Gasteiger charge is -2.31. The standard InChI is InChI=1S/C29H34FN3O5S/c1-31-29(35)27(19-22-9-5-4-6-10-22)32(21-23-14-16-24(30)17-15-23)28(34)13-8-18-33(39(3,36)37)25-11-7-12-26(20-25)38-2/h4-7,9-12,14-17,20,27H,8,13,18-19,21H2,1-3H3,(H,31,35). The van der Waals surface area contributed by atoms with Gasteiger partial charge in [-0.2, -0.15) is 0 Å². The molecule has 0 heterocycles. The van der Waals surface area contributed by atoms with E-state index < -0.39 is 21.9 Å². The van der Waals surface area contributed by atoms with Crippen molar-refractivity contribution in [2.24, 2.45) is 0 Å². The van der Waals surface area contributed by atoms with Crippen molar-refractivity contribution in [3.05, 3.63) is 95.8 Å². The Balaban J connectivity index is 1.84. The van der Waals surface area contributed by atoms with Crippen LogP contribution in [0.4, 0.5) is 10.1 Å². The number of rotatable bonds is 13. The first kappa shape index (κ1) is 29.6. The minimum absolute atomic E-state index is 0.000529. The van der Waals surface area contributed by atoms with Gasteiger partial charge in [-0.25, -0.2) is 12.8 Å². The molecule has 0 spiro atoms. The number of anilines is 1. The Morgan fingerprint density at radius 2 is 1.67 bits per heavy atom. The van der Waals surface area contributed by atoms with Crippen LogP contribution >= 0.6 is 0 Å². The van der Waals surface area contributed by atoms with Crippen LogP contribution in [0.15, 0.2) is 78.9 Å². The molecule has 0 aliphatic carbocycles. The molecule has 39 heavy (non-hydrogen) atoms. The molecule has 3 aromatic rings. The number of hydrogen-bond acceptors (Lipinski definition) is 5. The number of carbonyl (C=O) groups is 2. The molecule has 208 valence electrons. The Labute approximate surface area is 229 Å². The van der Waals surface area contributed by atoms with Gasteiger partial charge < -0.3 is 15.0 Å². The van der Waals surface area contributed by atoms with Gasteiger partial charge in [0, 0.05) is 39.0 Å². The minimum atomic E-state index is -3.63. The van der Waals surface area contributed by atoms with Crippen LogP contribution in [0.1, 0.15) is 24.0 Å². The molecule has 2 amide bonds. The molecular formula is C29H34FN3O5S. The summed E-state index contributed by atoms with van der Waals surface area (Å²) in [4.78, 5) is 28.1. The SMILES string of the molecule is CNC(=O)C(Cc1ccccc1)N(Cc1ccc(F)cc1)C(=O)CCCN(c1cccc(OC)c1)S(C)(=O)=O. The van der Waals surface area contributed by atoms with Gasteiger partial charge in [0.2, 0.25) is 21.8 Å². The summed E-state index contributed by atoms with van der Waals surface area (Å²) >= 11 is 0. The van der Waals surface area contributed by atoms with Crippen molar-refractivity contribution in [1.82, 2.24) is 10.2 Å². The lowest BCUT2D eigenvalue weighted by atomic mass is 10.0. The number of sulfonamides is 1. The van der Waals surface area contributed by atoms with Crippen LogP contribution in [0.2, 0.25) is 0 Å². The zero-order valence-corrected chi connectivity index (χ0v) is 23.2. The van der Waals surface area contributed by atoms with Gasteiger partial charge in [0.1, 0.15) is 17.6 Å². The fraction of sp³-hybridized carbons (Fsp3) is 0.310. The number of carbonyl (C=O) groups excluding carboxylic acids is 2. The Kier molecular flexibility index (Phi) is 10.4. The molecule has 0 aromatic heterocycles. The molecule has 0 fully saturated rings. The molecule has 1 atom stereocenters. The van der Waals surface area contributed by atoms with Crippen LogP contribution in [-0.2, 0) is 32.6 Å². The van der Waals surface area contributed by atoms with Crippen LogP contribution < -0.4 is 14.4 Å². The van der Waals surface area contributed by atoms with E-state index in [4.69, 9.17) is 4.74 Å².